The molecule has 0 aliphatic heterocycles. The first-order valence-corrected chi connectivity index (χ1v) is 9.08. The molecule has 0 saturated carbocycles. The molecule has 1 rings (SSSR count). The fourth-order valence-corrected chi connectivity index (χ4v) is 4.31. The molecular weight excluding hydrogens is 340 g/mol. The fourth-order valence-electron chi connectivity index (χ4n) is 1.88. The second-order valence-electron chi connectivity index (χ2n) is 4.89. The third-order valence-electron chi connectivity index (χ3n) is 3.03. The highest BCUT2D eigenvalue weighted by molar-refractivity contribution is 9.10. The number of hydrogen-bond donors (Lipinski definition) is 1. The lowest BCUT2D eigenvalue weighted by Crippen LogP contribution is -2.31. The number of nitrogens with one attached hydrogen (secondary N) is 1. The van der Waals surface area contributed by atoms with Crippen LogP contribution in [-0.4, -0.2) is 31.9 Å². The Morgan fingerprint density at radius 1 is 1.25 bits per heavy atom. The third kappa shape index (κ3) is 4.28. The monoisotopic (exact) mass is 362 g/mol. The van der Waals surface area contributed by atoms with Crippen LogP contribution in [0.5, 0.6) is 0 Å². The number of rotatable bonds is 7. The predicted molar refractivity (Wildman–Crippen MR) is 86.2 cm³/mol. The van der Waals surface area contributed by atoms with Crippen molar-refractivity contribution < 1.29 is 8.42 Å². The summed E-state index contributed by atoms with van der Waals surface area (Å²) >= 11 is 3.35. The first-order valence-electron chi connectivity index (χ1n) is 6.84. The molecule has 0 saturated heterocycles. The van der Waals surface area contributed by atoms with Gasteiger partial charge < -0.3 is 5.32 Å². The summed E-state index contributed by atoms with van der Waals surface area (Å²) in [5, 5.41) is 3.29. The van der Waals surface area contributed by atoms with Crippen LogP contribution in [-0.2, 0) is 16.6 Å². The van der Waals surface area contributed by atoms with E-state index in [0.717, 1.165) is 5.56 Å². The summed E-state index contributed by atoms with van der Waals surface area (Å²) in [6.07, 6.45) is 0. The molecule has 0 fully saturated rings. The van der Waals surface area contributed by atoms with Gasteiger partial charge in [-0.15, -0.1) is 0 Å². The van der Waals surface area contributed by atoms with Crippen LogP contribution in [0.1, 0.15) is 33.3 Å². The highest BCUT2D eigenvalue weighted by atomic mass is 79.9. The number of hydrogen-bond acceptors (Lipinski definition) is 3. The van der Waals surface area contributed by atoms with Gasteiger partial charge in [0.25, 0.3) is 0 Å². The Bertz CT molecular complexity index is 540. The van der Waals surface area contributed by atoms with E-state index in [9.17, 15) is 8.42 Å². The molecule has 0 spiro atoms. The van der Waals surface area contributed by atoms with Crippen LogP contribution in [0.15, 0.2) is 27.6 Å². The van der Waals surface area contributed by atoms with E-state index in [-0.39, 0.29) is 0 Å². The molecule has 0 aromatic heterocycles. The van der Waals surface area contributed by atoms with Crippen molar-refractivity contribution in [2.45, 2.75) is 45.2 Å². The minimum Gasteiger partial charge on any atom is -0.310 e. The van der Waals surface area contributed by atoms with Crippen LogP contribution >= 0.6 is 15.9 Å². The molecule has 114 valence electrons. The van der Waals surface area contributed by atoms with Crippen LogP contribution in [0.25, 0.3) is 0 Å². The summed E-state index contributed by atoms with van der Waals surface area (Å²) in [6.45, 7) is 9.42. The Kier molecular flexibility index (Phi) is 6.64. The topological polar surface area (TPSA) is 49.4 Å². The second-order valence-corrected chi connectivity index (χ2v) is 7.65. The molecule has 0 aliphatic rings. The summed E-state index contributed by atoms with van der Waals surface area (Å²) < 4.78 is 27.2. The molecule has 0 unspecified atom stereocenters. The standard InChI is InChI=1S/C14H23BrN2O2S/c1-5-17(6-2)20(18,19)14-9-12(7-8-13(14)15)10-16-11(3)4/h7-9,11,16H,5-6,10H2,1-4H3. The van der Waals surface area contributed by atoms with Crippen molar-refractivity contribution >= 4 is 26.0 Å². The van der Waals surface area contributed by atoms with Crippen LogP contribution < -0.4 is 5.32 Å². The molecule has 6 heteroatoms. The first kappa shape index (κ1) is 17.6. The summed E-state index contributed by atoms with van der Waals surface area (Å²) in [5.74, 6) is 0. The lowest BCUT2D eigenvalue weighted by atomic mass is 10.2. The molecule has 1 N–H and O–H groups in total. The van der Waals surface area contributed by atoms with Crippen molar-refractivity contribution in [1.29, 1.82) is 0 Å². The molecule has 0 radical (unpaired) electrons. The molecule has 0 heterocycles. The summed E-state index contributed by atoms with van der Waals surface area (Å²) in [5.41, 5.74) is 0.965. The molecule has 0 aliphatic carbocycles. The van der Waals surface area contributed by atoms with Gasteiger partial charge in [-0.05, 0) is 33.6 Å². The van der Waals surface area contributed by atoms with Crippen molar-refractivity contribution in [2.75, 3.05) is 13.1 Å². The largest absolute Gasteiger partial charge is 0.310 e. The zero-order valence-corrected chi connectivity index (χ0v) is 14.9. The number of nitrogens with zero attached hydrogens (tertiary/aromatic N) is 1. The van der Waals surface area contributed by atoms with Crippen LogP contribution in [0.3, 0.4) is 0 Å². The Morgan fingerprint density at radius 3 is 2.35 bits per heavy atom. The molecule has 0 atom stereocenters. The van der Waals surface area contributed by atoms with Crippen LogP contribution in [0, 0.1) is 0 Å². The van der Waals surface area contributed by atoms with Crippen molar-refractivity contribution in [3.63, 3.8) is 0 Å². The third-order valence-corrected chi connectivity index (χ3v) is 6.08. The smallest absolute Gasteiger partial charge is 0.244 e. The maximum absolute atomic E-state index is 12.6. The van der Waals surface area contributed by atoms with Crippen molar-refractivity contribution in [2.24, 2.45) is 0 Å². The maximum Gasteiger partial charge on any atom is 0.244 e. The number of benzene rings is 1. The summed E-state index contributed by atoms with van der Waals surface area (Å²) in [6, 6.07) is 5.84. The fraction of sp³-hybridized carbons (Fsp3) is 0.571. The van der Waals surface area contributed by atoms with Gasteiger partial charge in [-0.1, -0.05) is 33.8 Å². The highest BCUT2D eigenvalue weighted by Gasteiger charge is 2.24. The van der Waals surface area contributed by atoms with Gasteiger partial charge in [0.15, 0.2) is 0 Å². The van der Waals surface area contributed by atoms with E-state index in [0.29, 0.717) is 35.0 Å². The minimum atomic E-state index is -3.43. The van der Waals surface area contributed by atoms with Gasteiger partial charge in [-0.25, -0.2) is 8.42 Å². The predicted octanol–water partition coefficient (Wildman–Crippen LogP) is 2.98. The zero-order chi connectivity index (χ0) is 15.3. The average molecular weight is 363 g/mol. The molecule has 20 heavy (non-hydrogen) atoms. The quantitative estimate of drug-likeness (QED) is 0.810. The molecular formula is C14H23BrN2O2S. The van der Waals surface area contributed by atoms with Gasteiger partial charge in [0.2, 0.25) is 10.0 Å². The summed E-state index contributed by atoms with van der Waals surface area (Å²) in [7, 11) is -3.43. The van der Waals surface area contributed by atoms with Crippen molar-refractivity contribution in [3.05, 3.63) is 28.2 Å². The van der Waals surface area contributed by atoms with Crippen molar-refractivity contribution in [1.82, 2.24) is 9.62 Å². The Hall–Kier alpha value is -0.430. The Morgan fingerprint density at radius 2 is 1.85 bits per heavy atom. The second kappa shape index (κ2) is 7.54. The van der Waals surface area contributed by atoms with E-state index in [2.05, 4.69) is 35.1 Å². The van der Waals surface area contributed by atoms with E-state index < -0.39 is 10.0 Å². The van der Waals surface area contributed by atoms with Gasteiger partial charge in [-0.2, -0.15) is 4.31 Å². The minimum absolute atomic E-state index is 0.337. The average Bonchev–Trinajstić information content (AvgIpc) is 2.38. The van der Waals surface area contributed by atoms with Gasteiger partial charge in [-0.3, -0.25) is 0 Å². The van der Waals surface area contributed by atoms with Gasteiger partial charge in [0.1, 0.15) is 0 Å². The SMILES string of the molecule is CCN(CC)S(=O)(=O)c1cc(CNC(C)C)ccc1Br. The Labute approximate surface area is 130 Å². The number of sulfonamides is 1. The molecule has 0 amide bonds. The number of halogens is 1. The highest BCUT2D eigenvalue weighted by Crippen LogP contribution is 2.26. The van der Waals surface area contributed by atoms with E-state index >= 15 is 0 Å². The molecule has 1 aromatic rings. The Balaban J connectivity index is 3.14. The molecule has 0 bridgehead atoms. The van der Waals surface area contributed by atoms with Gasteiger partial charge in [0, 0.05) is 30.1 Å². The van der Waals surface area contributed by atoms with Crippen molar-refractivity contribution in [3.8, 4) is 0 Å². The van der Waals surface area contributed by atoms with Crippen LogP contribution in [0.4, 0.5) is 0 Å². The summed E-state index contributed by atoms with van der Waals surface area (Å²) in [4.78, 5) is 0.337. The molecule has 4 nitrogen and oxygen atoms in total. The lowest BCUT2D eigenvalue weighted by molar-refractivity contribution is 0.444. The van der Waals surface area contributed by atoms with E-state index in [1.54, 1.807) is 12.1 Å². The van der Waals surface area contributed by atoms with Crippen LogP contribution in [0.2, 0.25) is 0 Å². The van der Waals surface area contributed by atoms with E-state index in [1.165, 1.54) is 4.31 Å². The van der Waals surface area contributed by atoms with Gasteiger partial charge >= 0.3 is 0 Å². The maximum atomic E-state index is 12.6. The first-order chi connectivity index (χ1) is 9.32. The van der Waals surface area contributed by atoms with E-state index in [1.807, 2.05) is 19.9 Å². The van der Waals surface area contributed by atoms with E-state index in [4.69, 9.17) is 0 Å². The molecule has 1 aromatic carbocycles. The van der Waals surface area contributed by atoms with Gasteiger partial charge in [0.05, 0.1) is 4.90 Å². The normalized spacial score (nSPS) is 12.3. The zero-order valence-electron chi connectivity index (χ0n) is 12.5. The lowest BCUT2D eigenvalue weighted by Gasteiger charge is -2.20.